The molecule has 182 valence electrons. The van der Waals surface area contributed by atoms with Gasteiger partial charge in [-0.1, -0.05) is 27.7 Å². The zero-order chi connectivity index (χ0) is 24.6. The van der Waals surface area contributed by atoms with E-state index < -0.39 is 46.1 Å². The number of fused-ring (bicyclic) bond motifs is 6. The average Bonchev–Trinajstić information content (AvgIpc) is 3.32. The van der Waals surface area contributed by atoms with Gasteiger partial charge in [-0.2, -0.15) is 0 Å². The van der Waals surface area contributed by atoms with E-state index in [9.17, 15) is 19.2 Å². The number of methoxy groups -OCH3 is 1. The molecule has 34 heavy (non-hydrogen) atoms. The minimum absolute atomic E-state index is 0.0173. The van der Waals surface area contributed by atoms with Crippen LogP contribution in [0.2, 0.25) is 0 Å². The molecule has 0 aromatic carbocycles. The molecule has 3 saturated carbocycles. The number of esters is 2. The zero-order valence-electron chi connectivity index (χ0n) is 20.4. The molecule has 1 unspecified atom stereocenters. The Morgan fingerprint density at radius 2 is 1.88 bits per heavy atom. The Kier molecular flexibility index (Phi) is 5.02. The molecule has 2 bridgehead atoms. The molecule has 1 aromatic heterocycles. The average molecular weight is 469 g/mol. The maximum atomic E-state index is 13.8. The van der Waals surface area contributed by atoms with Crippen molar-refractivity contribution in [2.75, 3.05) is 7.11 Å². The van der Waals surface area contributed by atoms with Crippen LogP contribution in [-0.4, -0.2) is 30.6 Å². The van der Waals surface area contributed by atoms with Gasteiger partial charge in [-0.3, -0.25) is 14.4 Å². The first-order valence-electron chi connectivity index (χ1n) is 12.1. The molecule has 5 rings (SSSR count). The van der Waals surface area contributed by atoms with Crippen molar-refractivity contribution in [2.24, 2.45) is 39.9 Å². The van der Waals surface area contributed by atoms with E-state index >= 15 is 0 Å². The molecule has 3 fully saturated rings. The molecular weight excluding hydrogens is 436 g/mol. The van der Waals surface area contributed by atoms with Crippen molar-refractivity contribution in [3.05, 3.63) is 35.8 Å². The number of carbonyl (C=O) groups is 4. The summed E-state index contributed by atoms with van der Waals surface area (Å²) in [5.41, 5.74) is -0.390. The van der Waals surface area contributed by atoms with Crippen molar-refractivity contribution in [3.63, 3.8) is 0 Å². The van der Waals surface area contributed by atoms with Crippen LogP contribution in [0.1, 0.15) is 65.0 Å². The van der Waals surface area contributed by atoms with Crippen molar-refractivity contribution < 1.29 is 33.1 Å². The number of Topliss-reactive ketones (excluding diaryl/α,β-unsaturated/α-hetero) is 2. The minimum Gasteiger partial charge on any atom is -0.472 e. The Balaban J connectivity index is 1.62. The summed E-state index contributed by atoms with van der Waals surface area (Å²) in [4.78, 5) is 52.6. The van der Waals surface area contributed by atoms with Gasteiger partial charge in [0, 0.05) is 27.9 Å². The van der Waals surface area contributed by atoms with Crippen molar-refractivity contribution >= 4 is 23.5 Å². The van der Waals surface area contributed by atoms with Gasteiger partial charge in [-0.05, 0) is 48.7 Å². The van der Waals surface area contributed by atoms with Crippen molar-refractivity contribution in [3.8, 4) is 0 Å². The third kappa shape index (κ3) is 2.88. The molecule has 0 saturated heterocycles. The van der Waals surface area contributed by atoms with Crippen LogP contribution in [0.3, 0.4) is 0 Å². The summed E-state index contributed by atoms with van der Waals surface area (Å²) in [6.07, 6.45) is 6.16. The Morgan fingerprint density at radius 3 is 2.53 bits per heavy atom. The largest absolute Gasteiger partial charge is 0.472 e. The van der Waals surface area contributed by atoms with E-state index in [1.807, 2.05) is 26.8 Å². The highest BCUT2D eigenvalue weighted by molar-refractivity contribution is 6.11. The van der Waals surface area contributed by atoms with Gasteiger partial charge in [0.2, 0.25) is 0 Å². The molecule has 0 spiro atoms. The van der Waals surface area contributed by atoms with E-state index in [1.54, 1.807) is 18.6 Å². The fraction of sp³-hybridized carbons (Fsp3) is 0.630. The van der Waals surface area contributed by atoms with Crippen LogP contribution in [0.5, 0.6) is 0 Å². The molecular formula is C27H32O7. The maximum absolute atomic E-state index is 13.8. The van der Waals surface area contributed by atoms with Crippen LogP contribution in [0.25, 0.3) is 0 Å². The monoisotopic (exact) mass is 468 g/mol. The molecule has 2 heterocycles. The number of hydrogen-bond acceptors (Lipinski definition) is 7. The second-order valence-corrected chi connectivity index (χ2v) is 11.5. The maximum Gasteiger partial charge on any atom is 0.331 e. The van der Waals surface area contributed by atoms with Crippen molar-refractivity contribution in [1.82, 2.24) is 0 Å². The smallest absolute Gasteiger partial charge is 0.331 e. The third-order valence-corrected chi connectivity index (χ3v) is 9.70. The summed E-state index contributed by atoms with van der Waals surface area (Å²) >= 11 is 0. The van der Waals surface area contributed by atoms with Gasteiger partial charge >= 0.3 is 11.9 Å². The van der Waals surface area contributed by atoms with E-state index in [0.717, 1.165) is 24.0 Å². The second kappa shape index (κ2) is 7.40. The number of ether oxygens (including phenoxy) is 2. The first-order chi connectivity index (χ1) is 16.0. The van der Waals surface area contributed by atoms with Crippen molar-refractivity contribution in [1.29, 1.82) is 0 Å². The van der Waals surface area contributed by atoms with E-state index in [-0.39, 0.29) is 29.8 Å². The molecule has 7 atom stereocenters. The number of carbonyl (C=O) groups excluding carboxylic acids is 4. The lowest BCUT2D eigenvalue weighted by Gasteiger charge is -2.63. The Bertz CT molecular complexity index is 1100. The number of cyclic esters (lactones) is 1. The summed E-state index contributed by atoms with van der Waals surface area (Å²) in [5.74, 6) is -2.39. The lowest BCUT2D eigenvalue weighted by atomic mass is 9.39. The van der Waals surface area contributed by atoms with Gasteiger partial charge < -0.3 is 13.9 Å². The predicted molar refractivity (Wildman–Crippen MR) is 120 cm³/mol. The molecule has 0 N–H and O–H groups in total. The Hall–Kier alpha value is -2.70. The summed E-state index contributed by atoms with van der Waals surface area (Å²) in [6, 6.07) is 1.82. The molecule has 7 heteroatoms. The molecule has 3 aliphatic carbocycles. The van der Waals surface area contributed by atoms with Gasteiger partial charge in [0.05, 0.1) is 32.0 Å². The van der Waals surface area contributed by atoms with Crippen molar-refractivity contribution in [2.45, 2.75) is 59.5 Å². The van der Waals surface area contributed by atoms with Crippen LogP contribution < -0.4 is 0 Å². The summed E-state index contributed by atoms with van der Waals surface area (Å²) in [6.45, 7) is 7.77. The standard InChI is InChI=1S/C27H32O7/c1-25(2)19(12-20(28)32-5)27(4)17-6-8-26(3)18(15(17)10-16(22(25)30)23(27)31)11-21(29)34-24(26)14-7-9-33-13-14/h7,9,11,13,15-17,19,24H,6,8,10,12H2,1-5H3/t15?,16-,17-,19-,24-,26+,27+/m0/s1. The van der Waals surface area contributed by atoms with Crippen LogP contribution >= 0.6 is 0 Å². The highest BCUT2D eigenvalue weighted by atomic mass is 16.5. The first kappa shape index (κ1) is 23.1. The normalized spacial score (nSPS) is 40.6. The molecule has 0 amide bonds. The first-order valence-corrected chi connectivity index (χ1v) is 12.1. The van der Waals surface area contributed by atoms with Gasteiger partial charge in [-0.25, -0.2) is 4.79 Å². The lowest BCUT2D eigenvalue weighted by molar-refractivity contribution is -0.182. The number of ketones is 2. The summed E-state index contributed by atoms with van der Waals surface area (Å²) in [5, 5.41) is 0. The van der Waals surface area contributed by atoms with Crippen LogP contribution in [0.15, 0.2) is 34.7 Å². The highest BCUT2D eigenvalue weighted by Gasteiger charge is 2.69. The Labute approximate surface area is 199 Å². The van der Waals surface area contributed by atoms with E-state index in [0.29, 0.717) is 6.42 Å². The van der Waals surface area contributed by atoms with Gasteiger partial charge in [0.1, 0.15) is 17.7 Å². The van der Waals surface area contributed by atoms with Crippen LogP contribution in [-0.2, 0) is 28.7 Å². The fourth-order valence-electron chi connectivity index (χ4n) is 7.93. The summed E-state index contributed by atoms with van der Waals surface area (Å²) < 4.78 is 16.0. The van der Waals surface area contributed by atoms with E-state index in [2.05, 4.69) is 6.92 Å². The van der Waals surface area contributed by atoms with Crippen LogP contribution in [0, 0.1) is 39.9 Å². The second-order valence-electron chi connectivity index (χ2n) is 11.5. The van der Waals surface area contributed by atoms with Crippen LogP contribution in [0.4, 0.5) is 0 Å². The zero-order valence-corrected chi connectivity index (χ0v) is 20.4. The summed E-state index contributed by atoms with van der Waals surface area (Å²) in [7, 11) is 1.33. The fourth-order valence-corrected chi connectivity index (χ4v) is 7.93. The van der Waals surface area contributed by atoms with Gasteiger partial charge in [0.15, 0.2) is 0 Å². The molecule has 4 aliphatic rings. The van der Waals surface area contributed by atoms with Gasteiger partial charge in [0.25, 0.3) is 0 Å². The van der Waals surface area contributed by atoms with Gasteiger partial charge in [-0.15, -0.1) is 0 Å². The number of hydrogen-bond donors (Lipinski definition) is 0. The molecule has 1 aliphatic heterocycles. The topological polar surface area (TPSA) is 99.9 Å². The Morgan fingerprint density at radius 1 is 1.15 bits per heavy atom. The predicted octanol–water partition coefficient (Wildman–Crippen LogP) is 4.22. The number of rotatable bonds is 3. The molecule has 0 radical (unpaired) electrons. The SMILES string of the molecule is COC(=O)C[C@H]1C(C)(C)C(=O)[C@@H]2CC3C4=CC(=O)O[C@@H](c5ccoc5)[C@]4(C)CC[C@@H]3[C@@]1(C)C2=O. The third-order valence-electron chi connectivity index (χ3n) is 9.70. The minimum atomic E-state index is -0.867. The number of furan rings is 1. The molecule has 7 nitrogen and oxygen atoms in total. The quantitative estimate of drug-likeness (QED) is 0.484. The van der Waals surface area contributed by atoms with E-state index in [4.69, 9.17) is 13.9 Å². The lowest BCUT2D eigenvalue weighted by Crippen LogP contribution is -2.66. The molecule has 1 aromatic rings. The highest BCUT2D eigenvalue weighted by Crippen LogP contribution is 2.68. The van der Waals surface area contributed by atoms with E-state index in [1.165, 1.54) is 7.11 Å².